The molecule has 1 aromatic carbocycles. The van der Waals surface area contributed by atoms with Gasteiger partial charge < -0.3 is 9.88 Å². The van der Waals surface area contributed by atoms with Crippen LogP contribution in [-0.2, 0) is 11.3 Å². The van der Waals surface area contributed by atoms with Crippen LogP contribution in [0.3, 0.4) is 0 Å². The molecular formula is C14H18N2OS. The fourth-order valence-electron chi connectivity index (χ4n) is 2.23. The van der Waals surface area contributed by atoms with Crippen molar-refractivity contribution in [1.82, 2.24) is 4.57 Å². The molecule has 0 bridgehead atoms. The molecule has 0 atom stereocenters. The summed E-state index contributed by atoms with van der Waals surface area (Å²) in [4.78, 5) is 11.5. The third-order valence-electron chi connectivity index (χ3n) is 2.98. The third kappa shape index (κ3) is 2.53. The van der Waals surface area contributed by atoms with E-state index >= 15 is 0 Å². The molecule has 1 amide bonds. The van der Waals surface area contributed by atoms with E-state index < -0.39 is 0 Å². The predicted octanol–water partition coefficient (Wildman–Crippen LogP) is 3.27. The maximum absolute atomic E-state index is 11.5. The van der Waals surface area contributed by atoms with Crippen molar-refractivity contribution in [3.05, 3.63) is 30.0 Å². The molecule has 3 nitrogen and oxygen atoms in total. The van der Waals surface area contributed by atoms with Crippen LogP contribution in [0.4, 0.5) is 5.69 Å². The van der Waals surface area contributed by atoms with Crippen molar-refractivity contribution in [2.45, 2.75) is 20.4 Å². The zero-order chi connectivity index (χ0) is 13.1. The Hall–Kier alpha value is -1.42. The number of aromatic nitrogens is 1. The minimum atomic E-state index is 0.0495. The smallest absolute Gasteiger partial charge is 0.234 e. The molecule has 0 saturated carbocycles. The Morgan fingerprint density at radius 1 is 1.39 bits per heavy atom. The van der Waals surface area contributed by atoms with Crippen molar-refractivity contribution in [1.29, 1.82) is 0 Å². The zero-order valence-corrected chi connectivity index (χ0v) is 11.8. The SMILES string of the molecule is CCn1c(C)cc2cc(NC(=O)CSC)ccc21. The van der Waals surface area contributed by atoms with Crippen LogP contribution in [0.25, 0.3) is 10.9 Å². The molecule has 0 aliphatic heterocycles. The average Bonchev–Trinajstić information content (AvgIpc) is 2.63. The number of amides is 1. The number of nitrogens with zero attached hydrogens (tertiary/aromatic N) is 1. The number of carbonyl (C=O) groups is 1. The Morgan fingerprint density at radius 3 is 2.83 bits per heavy atom. The second-order valence-electron chi connectivity index (χ2n) is 4.28. The van der Waals surface area contributed by atoms with Crippen LogP contribution in [0.5, 0.6) is 0 Å². The highest BCUT2D eigenvalue weighted by molar-refractivity contribution is 7.99. The molecule has 0 radical (unpaired) electrons. The van der Waals surface area contributed by atoms with Crippen LogP contribution in [0, 0.1) is 6.92 Å². The van der Waals surface area contributed by atoms with Gasteiger partial charge in [0, 0.05) is 28.8 Å². The first kappa shape index (κ1) is 13.0. The van der Waals surface area contributed by atoms with Gasteiger partial charge in [0.15, 0.2) is 0 Å². The summed E-state index contributed by atoms with van der Waals surface area (Å²) in [6, 6.07) is 8.22. The Morgan fingerprint density at radius 2 is 2.17 bits per heavy atom. The number of hydrogen-bond acceptors (Lipinski definition) is 2. The van der Waals surface area contributed by atoms with Crippen LogP contribution in [0.1, 0.15) is 12.6 Å². The van der Waals surface area contributed by atoms with E-state index in [-0.39, 0.29) is 5.91 Å². The third-order valence-corrected chi connectivity index (χ3v) is 3.53. The average molecular weight is 262 g/mol. The highest BCUT2D eigenvalue weighted by Crippen LogP contribution is 2.23. The van der Waals surface area contributed by atoms with Gasteiger partial charge in [-0.15, -0.1) is 0 Å². The summed E-state index contributed by atoms with van der Waals surface area (Å²) in [5.74, 6) is 0.543. The summed E-state index contributed by atoms with van der Waals surface area (Å²) >= 11 is 1.53. The van der Waals surface area contributed by atoms with Crippen LogP contribution in [-0.4, -0.2) is 22.5 Å². The molecule has 1 aromatic heterocycles. The molecule has 0 fully saturated rings. The summed E-state index contributed by atoms with van der Waals surface area (Å²) in [6.45, 7) is 5.21. The van der Waals surface area contributed by atoms with Gasteiger partial charge >= 0.3 is 0 Å². The number of fused-ring (bicyclic) bond motifs is 1. The second kappa shape index (κ2) is 5.48. The molecule has 18 heavy (non-hydrogen) atoms. The first-order chi connectivity index (χ1) is 8.65. The monoisotopic (exact) mass is 262 g/mol. The molecule has 0 saturated heterocycles. The molecule has 0 spiro atoms. The van der Waals surface area contributed by atoms with E-state index in [0.29, 0.717) is 5.75 Å². The van der Waals surface area contributed by atoms with Crippen molar-refractivity contribution < 1.29 is 4.79 Å². The lowest BCUT2D eigenvalue weighted by Gasteiger charge is -2.06. The van der Waals surface area contributed by atoms with Crippen molar-refractivity contribution >= 4 is 34.3 Å². The van der Waals surface area contributed by atoms with Gasteiger partial charge in [-0.1, -0.05) is 0 Å². The lowest BCUT2D eigenvalue weighted by molar-refractivity contribution is -0.113. The Labute approximate surface area is 112 Å². The number of nitrogens with one attached hydrogen (secondary N) is 1. The topological polar surface area (TPSA) is 34.0 Å². The van der Waals surface area contributed by atoms with Crippen LogP contribution in [0.2, 0.25) is 0 Å². The maximum Gasteiger partial charge on any atom is 0.234 e. The van der Waals surface area contributed by atoms with Crippen molar-refractivity contribution in [2.24, 2.45) is 0 Å². The number of aryl methyl sites for hydroxylation is 2. The minimum absolute atomic E-state index is 0.0495. The Kier molecular flexibility index (Phi) is 3.97. The van der Waals surface area contributed by atoms with E-state index in [2.05, 4.69) is 35.9 Å². The Balaban J connectivity index is 2.31. The molecule has 2 rings (SSSR count). The van der Waals surface area contributed by atoms with Gasteiger partial charge in [0.2, 0.25) is 5.91 Å². The van der Waals surface area contributed by atoms with E-state index in [9.17, 15) is 4.79 Å². The van der Waals surface area contributed by atoms with Crippen molar-refractivity contribution in [3.63, 3.8) is 0 Å². The molecule has 1 heterocycles. The van der Waals surface area contributed by atoms with Gasteiger partial charge in [-0.2, -0.15) is 11.8 Å². The maximum atomic E-state index is 11.5. The first-order valence-corrected chi connectivity index (χ1v) is 7.43. The van der Waals surface area contributed by atoms with E-state index in [0.717, 1.165) is 12.2 Å². The molecule has 0 unspecified atom stereocenters. The number of carbonyl (C=O) groups excluding carboxylic acids is 1. The Bertz CT molecular complexity index is 574. The first-order valence-electron chi connectivity index (χ1n) is 6.04. The van der Waals surface area contributed by atoms with Crippen molar-refractivity contribution in [2.75, 3.05) is 17.3 Å². The summed E-state index contributed by atoms with van der Waals surface area (Å²) in [7, 11) is 0. The number of benzene rings is 1. The molecule has 1 N–H and O–H groups in total. The lowest BCUT2D eigenvalue weighted by Crippen LogP contribution is -2.13. The van der Waals surface area contributed by atoms with Gasteiger partial charge in [-0.3, -0.25) is 4.79 Å². The molecule has 0 aliphatic rings. The minimum Gasteiger partial charge on any atom is -0.345 e. The van der Waals surface area contributed by atoms with Crippen LogP contribution in [0.15, 0.2) is 24.3 Å². The number of hydrogen-bond donors (Lipinski definition) is 1. The quantitative estimate of drug-likeness (QED) is 0.917. The molecule has 96 valence electrons. The number of thioether (sulfide) groups is 1. The standard InChI is InChI=1S/C14H18N2OS/c1-4-16-10(2)7-11-8-12(5-6-13(11)16)15-14(17)9-18-3/h5-8H,4,9H2,1-3H3,(H,15,17). The molecule has 2 aromatic rings. The number of rotatable bonds is 4. The van der Waals surface area contributed by atoms with Gasteiger partial charge in [0.1, 0.15) is 0 Å². The molecule has 4 heteroatoms. The summed E-state index contributed by atoms with van der Waals surface area (Å²) < 4.78 is 2.27. The van der Waals surface area contributed by atoms with Gasteiger partial charge in [-0.05, 0) is 44.4 Å². The summed E-state index contributed by atoms with van der Waals surface area (Å²) in [5.41, 5.74) is 3.34. The van der Waals surface area contributed by atoms with E-state index in [1.54, 1.807) is 0 Å². The van der Waals surface area contributed by atoms with E-state index in [1.807, 2.05) is 18.4 Å². The highest BCUT2D eigenvalue weighted by atomic mass is 32.2. The fraction of sp³-hybridized carbons (Fsp3) is 0.357. The zero-order valence-electron chi connectivity index (χ0n) is 11.0. The number of anilines is 1. The second-order valence-corrected chi connectivity index (χ2v) is 5.15. The van der Waals surface area contributed by atoms with Gasteiger partial charge in [-0.25, -0.2) is 0 Å². The van der Waals surface area contributed by atoms with E-state index in [1.165, 1.54) is 28.4 Å². The fourth-order valence-corrected chi connectivity index (χ4v) is 2.57. The lowest BCUT2D eigenvalue weighted by atomic mass is 10.2. The largest absolute Gasteiger partial charge is 0.345 e. The normalized spacial score (nSPS) is 10.8. The van der Waals surface area contributed by atoms with Crippen LogP contribution < -0.4 is 5.32 Å². The van der Waals surface area contributed by atoms with Gasteiger partial charge in [0.25, 0.3) is 0 Å². The molecule has 0 aliphatic carbocycles. The highest BCUT2D eigenvalue weighted by Gasteiger charge is 2.06. The summed E-state index contributed by atoms with van der Waals surface area (Å²) in [6.07, 6.45) is 1.92. The summed E-state index contributed by atoms with van der Waals surface area (Å²) in [5, 5.41) is 4.09. The predicted molar refractivity (Wildman–Crippen MR) is 79.4 cm³/mol. The van der Waals surface area contributed by atoms with Gasteiger partial charge in [0.05, 0.1) is 5.75 Å². The van der Waals surface area contributed by atoms with Crippen LogP contribution >= 0.6 is 11.8 Å². The van der Waals surface area contributed by atoms with E-state index in [4.69, 9.17) is 0 Å². The molecular weight excluding hydrogens is 244 g/mol. The van der Waals surface area contributed by atoms with Crippen molar-refractivity contribution in [3.8, 4) is 0 Å².